The first-order chi connectivity index (χ1) is 16.0. The zero-order valence-corrected chi connectivity index (χ0v) is 19.4. The van der Waals surface area contributed by atoms with Gasteiger partial charge in [-0.05, 0) is 0 Å². The van der Waals surface area contributed by atoms with Crippen molar-refractivity contribution < 1.29 is 70.3 Å². The molecule has 1 aliphatic rings. The molecule has 1 aromatic rings. The topological polar surface area (TPSA) is 122 Å². The maximum absolute atomic E-state index is 14.4. The summed E-state index contributed by atoms with van der Waals surface area (Å²) in [6, 6.07) is 1.21. The quantitative estimate of drug-likeness (QED) is 0.215. The van der Waals surface area contributed by atoms with Crippen LogP contribution < -0.4 is 15.8 Å². The minimum absolute atomic E-state index is 0. The van der Waals surface area contributed by atoms with Gasteiger partial charge in [-0.15, -0.1) is 0 Å². The van der Waals surface area contributed by atoms with Crippen LogP contribution in [-0.2, 0) is 29.4 Å². The van der Waals surface area contributed by atoms with Gasteiger partial charge in [0.15, 0.2) is 0 Å². The van der Waals surface area contributed by atoms with Crippen molar-refractivity contribution in [1.29, 1.82) is 0 Å². The van der Waals surface area contributed by atoms with Crippen LogP contribution in [0.1, 0.15) is 25.3 Å². The number of carbonyl (C=O) groups is 2. The maximum atomic E-state index is 14.4. The average molecular weight is 572 g/mol. The monoisotopic (exact) mass is 571 g/mol. The van der Waals surface area contributed by atoms with Gasteiger partial charge in [0.25, 0.3) is 0 Å². The number of alkyl halides is 5. The number of halogens is 7. The van der Waals surface area contributed by atoms with Crippen LogP contribution in [0.4, 0.5) is 30.7 Å². The molecule has 0 bridgehead atoms. The van der Waals surface area contributed by atoms with Crippen LogP contribution in [0.25, 0.3) is 0 Å². The van der Waals surface area contributed by atoms with E-state index in [1.807, 2.05) is 0 Å². The molecule has 0 aliphatic carbocycles. The molecule has 5 N–H and O–H groups in total. The molecule has 36 heavy (non-hydrogen) atoms. The van der Waals surface area contributed by atoms with E-state index >= 15 is 0 Å². The SMILES string of the molecule is O.[CH-]=C/C(=C\[C](=[Ni])C(N)=O)NC(=O)[C@@H]1O[C@@](C)(C(F)(F)F)[C@H](C)[C@H]1c1ccc(F)c(F)c1OC(F)F. The second kappa shape index (κ2) is 11.5. The Bertz CT molecular complexity index is 1080. The molecule has 1 aliphatic heterocycles. The third-order valence-electron chi connectivity index (χ3n) is 5.51. The normalized spacial score (nSPS) is 24.2. The van der Waals surface area contributed by atoms with E-state index in [1.165, 1.54) is 0 Å². The van der Waals surface area contributed by atoms with Crippen LogP contribution in [0, 0.1) is 24.1 Å². The van der Waals surface area contributed by atoms with Gasteiger partial charge in [-0.2, -0.15) is 0 Å². The third kappa shape index (κ3) is 6.13. The number of benzene rings is 1. The fourth-order valence-corrected chi connectivity index (χ4v) is 3.73. The zero-order chi connectivity index (χ0) is 26.9. The number of carbonyl (C=O) groups excluding carboxylic acids is 2. The summed E-state index contributed by atoms with van der Waals surface area (Å²) in [5.41, 5.74) is 0.969. The Labute approximate surface area is 207 Å². The van der Waals surface area contributed by atoms with Gasteiger partial charge in [0.05, 0.1) is 0 Å². The van der Waals surface area contributed by atoms with Gasteiger partial charge in [-0.1, -0.05) is 0 Å². The van der Waals surface area contributed by atoms with E-state index in [-0.39, 0.29) is 11.2 Å². The number of primary amides is 1. The predicted octanol–water partition coefficient (Wildman–Crippen LogP) is 2.37. The fourth-order valence-electron chi connectivity index (χ4n) is 3.58. The average Bonchev–Trinajstić information content (AvgIpc) is 3.02. The van der Waals surface area contributed by atoms with Crippen LogP contribution in [0.15, 0.2) is 30.0 Å². The van der Waals surface area contributed by atoms with Gasteiger partial charge in [0.2, 0.25) is 0 Å². The number of rotatable bonds is 8. The van der Waals surface area contributed by atoms with Crippen molar-refractivity contribution in [3.8, 4) is 5.75 Å². The van der Waals surface area contributed by atoms with Crippen LogP contribution in [-0.4, -0.2) is 46.3 Å². The number of hydrogen-bond acceptors (Lipinski definition) is 4. The van der Waals surface area contributed by atoms with Gasteiger partial charge >= 0.3 is 202 Å². The van der Waals surface area contributed by atoms with Crippen molar-refractivity contribution in [3.05, 3.63) is 53.8 Å². The molecule has 1 aromatic carbocycles. The molecule has 0 spiro atoms. The summed E-state index contributed by atoms with van der Waals surface area (Å²) < 4.78 is 104. The molecule has 4 atom stereocenters. The van der Waals surface area contributed by atoms with Gasteiger partial charge in [-0.3, -0.25) is 0 Å². The summed E-state index contributed by atoms with van der Waals surface area (Å²) >= 11 is 4.33. The number of nitrogens with two attached hydrogens (primary N) is 1. The summed E-state index contributed by atoms with van der Waals surface area (Å²) in [5, 5.41) is 2.09. The van der Waals surface area contributed by atoms with Gasteiger partial charge in [-0.25, -0.2) is 0 Å². The van der Waals surface area contributed by atoms with Gasteiger partial charge in [0.1, 0.15) is 0 Å². The van der Waals surface area contributed by atoms with E-state index in [0.717, 1.165) is 25.1 Å². The third-order valence-corrected chi connectivity index (χ3v) is 5.90. The molecule has 1 saturated heterocycles. The molecule has 7 nitrogen and oxygen atoms in total. The van der Waals surface area contributed by atoms with E-state index in [1.54, 1.807) is 0 Å². The fraction of sp³-hybridized carbons (Fsp3) is 0.381. The van der Waals surface area contributed by atoms with E-state index in [2.05, 4.69) is 25.1 Å². The Morgan fingerprint density at radius 1 is 1.31 bits per heavy atom. The standard InChI is InChI=1S/C21H18F7N2O4.Ni.H2O/c1-4-10(5-8-13(29)31)30-18(32)17-14(9(2)20(3,34-17)21(26,27)28)11-6-7-12(22)15(23)16(11)33-19(24)25;;/h1,4-7,9,14,17,19H,2-3H3,(H2,29,31)(H,30,32);;1H2/q-1;;/b10-5+;;/t9-,14+,17-,20-;;/m1../s1. The van der Waals surface area contributed by atoms with Crippen LogP contribution >= 0.6 is 0 Å². The van der Waals surface area contributed by atoms with Crippen molar-refractivity contribution >= 4 is 16.3 Å². The number of hydrogen-bond donors (Lipinski definition) is 2. The summed E-state index contributed by atoms with van der Waals surface area (Å²) in [5.74, 6) is -10.7. The van der Waals surface area contributed by atoms with Crippen molar-refractivity contribution in [1.82, 2.24) is 5.32 Å². The van der Waals surface area contributed by atoms with E-state index in [4.69, 9.17) is 17.0 Å². The number of ether oxygens (including phenoxy) is 2. The van der Waals surface area contributed by atoms with Crippen molar-refractivity contribution in [2.75, 3.05) is 0 Å². The van der Waals surface area contributed by atoms with Crippen molar-refractivity contribution in [3.63, 3.8) is 0 Å². The molecule has 2 rings (SSSR count). The Morgan fingerprint density at radius 2 is 1.89 bits per heavy atom. The first kappa shape index (κ1) is 31.3. The number of allylic oxidation sites excluding steroid dienone is 1. The Balaban J connectivity index is 0.00000648. The molecular formula is C21H20F7N2NiO5-. The van der Waals surface area contributed by atoms with Gasteiger partial charge in [0, 0.05) is 0 Å². The molecular weight excluding hydrogens is 552 g/mol. The second-order valence-corrected chi connectivity index (χ2v) is 8.08. The van der Waals surface area contributed by atoms with E-state index < -0.39 is 75.6 Å². The zero-order valence-electron chi connectivity index (χ0n) is 18.4. The van der Waals surface area contributed by atoms with Crippen molar-refractivity contribution in [2.24, 2.45) is 11.7 Å². The molecule has 0 aromatic heterocycles. The van der Waals surface area contributed by atoms with E-state index in [0.29, 0.717) is 13.0 Å². The van der Waals surface area contributed by atoms with Crippen LogP contribution in [0.5, 0.6) is 5.75 Å². The van der Waals surface area contributed by atoms with E-state index in [9.17, 15) is 40.3 Å². The Hall–Kier alpha value is -2.77. The predicted molar refractivity (Wildman–Crippen MR) is 107 cm³/mol. The summed E-state index contributed by atoms with van der Waals surface area (Å²) in [7, 11) is 0. The molecule has 2 amide bonds. The van der Waals surface area contributed by atoms with Gasteiger partial charge < -0.3 is 5.48 Å². The summed E-state index contributed by atoms with van der Waals surface area (Å²) in [6.45, 7) is 3.29. The second-order valence-electron chi connectivity index (χ2n) is 7.55. The molecule has 0 unspecified atom stereocenters. The molecule has 1 fully saturated rings. The first-order valence-corrected chi connectivity index (χ1v) is 10.1. The molecule has 15 heteroatoms. The summed E-state index contributed by atoms with van der Waals surface area (Å²) in [6.07, 6.45) is -5.55. The molecule has 0 radical (unpaired) electrons. The van der Waals surface area contributed by atoms with Crippen molar-refractivity contribution in [2.45, 2.75) is 44.3 Å². The Morgan fingerprint density at radius 3 is 2.36 bits per heavy atom. The summed E-state index contributed by atoms with van der Waals surface area (Å²) in [4.78, 5) is 24.1. The molecule has 204 valence electrons. The molecule has 0 saturated carbocycles. The van der Waals surface area contributed by atoms with Crippen LogP contribution in [0.3, 0.4) is 0 Å². The number of amides is 2. The Kier molecular flexibility index (Phi) is 10.0. The minimum atomic E-state index is -5.07. The first-order valence-electron chi connectivity index (χ1n) is 9.59. The van der Waals surface area contributed by atoms with Crippen LogP contribution in [0.2, 0.25) is 0 Å². The molecule has 1 heterocycles. The number of nitrogens with one attached hydrogen (secondary N) is 1.